The van der Waals surface area contributed by atoms with Crippen LogP contribution >= 0.6 is 0 Å². The summed E-state index contributed by atoms with van der Waals surface area (Å²) in [6, 6.07) is 15.1. The van der Waals surface area contributed by atoms with Gasteiger partial charge in [-0.05, 0) is 55.3 Å². The van der Waals surface area contributed by atoms with E-state index in [0.29, 0.717) is 17.5 Å². The average molecular weight is 431 g/mol. The van der Waals surface area contributed by atoms with E-state index in [2.05, 4.69) is 9.72 Å². The number of nitrogens with zero attached hydrogens (tertiary/aromatic N) is 2. The van der Waals surface area contributed by atoms with Gasteiger partial charge in [-0.2, -0.15) is 0 Å². The third-order valence-corrected chi connectivity index (χ3v) is 5.84. The molecule has 0 radical (unpaired) electrons. The lowest BCUT2D eigenvalue weighted by atomic mass is 9.95. The number of aromatic nitrogens is 2. The van der Waals surface area contributed by atoms with Crippen LogP contribution in [0.3, 0.4) is 0 Å². The summed E-state index contributed by atoms with van der Waals surface area (Å²) in [5.41, 5.74) is 2.58. The number of hydrogen-bond acceptors (Lipinski definition) is 6. The second-order valence-electron chi connectivity index (χ2n) is 7.95. The zero-order chi connectivity index (χ0) is 21.9. The number of carbonyl (C=O) groups excluding carboxylic acids is 1. The molecule has 0 bridgehead atoms. The number of fused-ring (bicyclic) bond motifs is 1. The van der Waals surface area contributed by atoms with Crippen LogP contribution in [-0.4, -0.2) is 28.5 Å². The fourth-order valence-electron chi connectivity index (χ4n) is 4.22. The molecule has 7 heteroatoms. The van der Waals surface area contributed by atoms with Crippen LogP contribution < -0.4 is 14.8 Å². The maximum atomic E-state index is 12.3. The lowest BCUT2D eigenvalue weighted by Crippen LogP contribution is -2.23. The van der Waals surface area contributed by atoms with Crippen LogP contribution in [0.2, 0.25) is 0 Å². The second kappa shape index (κ2) is 8.78. The van der Waals surface area contributed by atoms with Crippen LogP contribution in [0, 0.1) is 0 Å². The SMILES string of the molecule is COc1cc(-c2nc3ccccn3c2NC2CCCCC2)ccc1OC(=O)c1ccco1. The molecule has 1 saturated carbocycles. The second-order valence-corrected chi connectivity index (χ2v) is 7.95. The Morgan fingerprint density at radius 3 is 2.75 bits per heavy atom. The van der Waals surface area contributed by atoms with Crippen molar-refractivity contribution >= 4 is 17.4 Å². The number of pyridine rings is 1. The first-order valence-corrected chi connectivity index (χ1v) is 10.9. The van der Waals surface area contributed by atoms with E-state index < -0.39 is 5.97 Å². The summed E-state index contributed by atoms with van der Waals surface area (Å²) in [6.45, 7) is 0. The van der Waals surface area contributed by atoms with Crippen molar-refractivity contribution in [1.82, 2.24) is 9.38 Å². The molecular weight excluding hydrogens is 406 g/mol. The third-order valence-electron chi connectivity index (χ3n) is 5.84. The molecule has 0 spiro atoms. The van der Waals surface area contributed by atoms with E-state index in [1.54, 1.807) is 25.3 Å². The molecule has 4 aromatic rings. The number of hydrogen-bond donors (Lipinski definition) is 1. The van der Waals surface area contributed by atoms with Crippen LogP contribution in [0.5, 0.6) is 11.5 Å². The van der Waals surface area contributed by atoms with Gasteiger partial charge in [-0.1, -0.05) is 25.3 Å². The Labute approximate surface area is 186 Å². The molecule has 3 heterocycles. The summed E-state index contributed by atoms with van der Waals surface area (Å²) in [5, 5.41) is 3.74. The van der Waals surface area contributed by atoms with Crippen molar-refractivity contribution in [2.24, 2.45) is 0 Å². The monoisotopic (exact) mass is 431 g/mol. The van der Waals surface area contributed by atoms with Crippen LogP contribution in [-0.2, 0) is 0 Å². The Hall–Kier alpha value is -3.74. The van der Waals surface area contributed by atoms with Gasteiger partial charge < -0.3 is 19.2 Å². The van der Waals surface area contributed by atoms with Crippen LogP contribution in [0.1, 0.15) is 42.7 Å². The number of ether oxygens (including phenoxy) is 2. The molecule has 3 aromatic heterocycles. The maximum Gasteiger partial charge on any atom is 0.379 e. The van der Waals surface area contributed by atoms with Crippen molar-refractivity contribution in [2.45, 2.75) is 38.1 Å². The molecule has 0 atom stereocenters. The fraction of sp³-hybridized carbons (Fsp3) is 0.280. The van der Waals surface area contributed by atoms with Crippen LogP contribution in [0.4, 0.5) is 5.82 Å². The molecule has 0 saturated heterocycles. The Kier molecular flexibility index (Phi) is 5.54. The highest BCUT2D eigenvalue weighted by atomic mass is 16.6. The van der Waals surface area contributed by atoms with E-state index in [4.69, 9.17) is 18.9 Å². The molecule has 1 aromatic carbocycles. The lowest BCUT2D eigenvalue weighted by Gasteiger charge is -2.24. The van der Waals surface area contributed by atoms with Gasteiger partial charge in [0, 0.05) is 17.8 Å². The van der Waals surface area contributed by atoms with Gasteiger partial charge in [0.15, 0.2) is 11.5 Å². The van der Waals surface area contributed by atoms with Crippen molar-refractivity contribution in [3.63, 3.8) is 0 Å². The number of carbonyl (C=O) groups is 1. The fourth-order valence-corrected chi connectivity index (χ4v) is 4.22. The van der Waals surface area contributed by atoms with Gasteiger partial charge in [0.05, 0.1) is 13.4 Å². The van der Waals surface area contributed by atoms with Gasteiger partial charge in [0.1, 0.15) is 17.2 Å². The Morgan fingerprint density at radius 1 is 1.09 bits per heavy atom. The Bertz CT molecular complexity index is 1220. The number of anilines is 1. The highest BCUT2D eigenvalue weighted by Gasteiger charge is 2.21. The number of benzene rings is 1. The highest BCUT2D eigenvalue weighted by molar-refractivity contribution is 5.88. The first-order valence-electron chi connectivity index (χ1n) is 10.9. The molecule has 1 aliphatic rings. The van der Waals surface area contributed by atoms with Gasteiger partial charge in [-0.15, -0.1) is 0 Å². The van der Waals surface area contributed by atoms with Crippen LogP contribution in [0.15, 0.2) is 65.4 Å². The van der Waals surface area contributed by atoms with E-state index in [9.17, 15) is 4.79 Å². The number of esters is 1. The molecule has 0 unspecified atom stereocenters. The minimum atomic E-state index is -0.576. The highest BCUT2D eigenvalue weighted by Crippen LogP contribution is 2.37. The third kappa shape index (κ3) is 3.93. The first-order chi connectivity index (χ1) is 15.7. The normalized spacial score (nSPS) is 14.4. The molecule has 0 aliphatic heterocycles. The largest absolute Gasteiger partial charge is 0.493 e. The number of furan rings is 1. The lowest BCUT2D eigenvalue weighted by molar-refractivity contribution is 0.0696. The van der Waals surface area contributed by atoms with Crippen molar-refractivity contribution in [3.8, 4) is 22.8 Å². The minimum absolute atomic E-state index is 0.135. The van der Waals surface area contributed by atoms with Crippen molar-refractivity contribution < 1.29 is 18.7 Å². The molecule has 1 fully saturated rings. The van der Waals surface area contributed by atoms with E-state index in [0.717, 1.165) is 35.6 Å². The summed E-state index contributed by atoms with van der Waals surface area (Å²) in [6.07, 6.45) is 9.55. The molecule has 0 amide bonds. The number of methoxy groups -OCH3 is 1. The molecule has 1 aliphatic carbocycles. The standard InChI is InChI=1S/C25H25N3O4/c1-30-21-16-17(12-13-19(21)32-25(29)20-10-7-15-31-20)23-24(26-18-8-3-2-4-9-18)28-14-6-5-11-22(28)27-23/h5-7,10-16,18,26H,2-4,8-9H2,1H3. The number of rotatable bonds is 6. The summed E-state index contributed by atoms with van der Waals surface area (Å²) in [4.78, 5) is 17.2. The van der Waals surface area contributed by atoms with E-state index in [1.807, 2.05) is 36.5 Å². The number of imidazole rings is 1. The van der Waals surface area contributed by atoms with Gasteiger partial charge >= 0.3 is 5.97 Å². The molecule has 164 valence electrons. The van der Waals surface area contributed by atoms with Gasteiger partial charge in [0.2, 0.25) is 5.76 Å². The predicted molar refractivity (Wildman–Crippen MR) is 121 cm³/mol. The van der Waals surface area contributed by atoms with Crippen molar-refractivity contribution in [2.75, 3.05) is 12.4 Å². The number of nitrogens with one attached hydrogen (secondary N) is 1. The van der Waals surface area contributed by atoms with Crippen molar-refractivity contribution in [3.05, 3.63) is 66.8 Å². The zero-order valence-corrected chi connectivity index (χ0v) is 17.9. The van der Waals surface area contributed by atoms with Crippen LogP contribution in [0.25, 0.3) is 16.9 Å². The molecule has 32 heavy (non-hydrogen) atoms. The summed E-state index contributed by atoms with van der Waals surface area (Å²) in [5.74, 6) is 1.30. The average Bonchev–Trinajstić information content (AvgIpc) is 3.49. The Balaban J connectivity index is 1.50. The van der Waals surface area contributed by atoms with Gasteiger partial charge in [-0.3, -0.25) is 4.40 Å². The van der Waals surface area contributed by atoms with E-state index >= 15 is 0 Å². The minimum Gasteiger partial charge on any atom is -0.493 e. The summed E-state index contributed by atoms with van der Waals surface area (Å²) in [7, 11) is 1.55. The molecule has 7 nitrogen and oxygen atoms in total. The zero-order valence-electron chi connectivity index (χ0n) is 17.9. The quantitative estimate of drug-likeness (QED) is 0.318. The predicted octanol–water partition coefficient (Wildman–Crippen LogP) is 5.57. The summed E-state index contributed by atoms with van der Waals surface area (Å²) >= 11 is 0. The smallest absolute Gasteiger partial charge is 0.379 e. The first kappa shape index (κ1) is 20.2. The molecule has 5 rings (SSSR count). The Morgan fingerprint density at radius 2 is 1.97 bits per heavy atom. The maximum absolute atomic E-state index is 12.3. The van der Waals surface area contributed by atoms with E-state index in [1.165, 1.54) is 25.5 Å². The van der Waals surface area contributed by atoms with Crippen molar-refractivity contribution in [1.29, 1.82) is 0 Å². The molecule has 1 N–H and O–H groups in total. The van der Waals surface area contributed by atoms with Gasteiger partial charge in [0.25, 0.3) is 0 Å². The van der Waals surface area contributed by atoms with E-state index in [-0.39, 0.29) is 5.76 Å². The summed E-state index contributed by atoms with van der Waals surface area (Å²) < 4.78 is 18.2. The topological polar surface area (TPSA) is 78.0 Å². The van der Waals surface area contributed by atoms with Gasteiger partial charge in [-0.25, -0.2) is 9.78 Å². The molecular formula is C25H25N3O4.